The third kappa shape index (κ3) is 2.54. The van der Waals surface area contributed by atoms with E-state index in [1.807, 2.05) is 13.2 Å². The minimum absolute atomic E-state index is 0.257. The average Bonchev–Trinajstić information content (AvgIpc) is 3.17. The Morgan fingerprint density at radius 1 is 1.43 bits per heavy atom. The molecule has 0 aromatic carbocycles. The van der Waals surface area contributed by atoms with Crippen molar-refractivity contribution in [3.8, 4) is 10.6 Å². The van der Waals surface area contributed by atoms with Gasteiger partial charge in [0.05, 0.1) is 12.4 Å². The maximum Gasteiger partial charge on any atom is 0.326 e. The lowest BCUT2D eigenvalue weighted by Crippen LogP contribution is -2.40. The molecule has 1 fully saturated rings. The first-order valence-corrected chi connectivity index (χ1v) is 7.36. The quantitative estimate of drug-likeness (QED) is 0.921. The van der Waals surface area contributed by atoms with Crippen LogP contribution in [0.1, 0.15) is 22.5 Å². The minimum atomic E-state index is -0.946. The van der Waals surface area contributed by atoms with E-state index in [0.717, 1.165) is 12.0 Å². The normalized spacial score (nSPS) is 18.1. The molecule has 3 rings (SSSR count). The minimum Gasteiger partial charge on any atom is -0.480 e. The van der Waals surface area contributed by atoms with Crippen LogP contribution in [-0.2, 0) is 11.8 Å². The number of aryl methyl sites for hydroxylation is 1. The molecule has 2 aromatic heterocycles. The predicted octanol–water partition coefficient (Wildman–Crippen LogP) is 1.23. The van der Waals surface area contributed by atoms with E-state index in [0.29, 0.717) is 22.9 Å². The number of carboxylic acids is 1. The van der Waals surface area contributed by atoms with E-state index in [-0.39, 0.29) is 5.91 Å². The van der Waals surface area contributed by atoms with Gasteiger partial charge >= 0.3 is 5.97 Å². The highest BCUT2D eigenvalue weighted by Crippen LogP contribution is 2.27. The van der Waals surface area contributed by atoms with Gasteiger partial charge in [-0.1, -0.05) is 0 Å². The summed E-state index contributed by atoms with van der Waals surface area (Å²) in [7, 11) is 1.81. The Morgan fingerprint density at radius 2 is 2.24 bits per heavy atom. The van der Waals surface area contributed by atoms with Crippen LogP contribution in [0.25, 0.3) is 10.6 Å². The Labute approximate surface area is 124 Å². The lowest BCUT2D eigenvalue weighted by Gasteiger charge is -2.20. The second-order valence-corrected chi connectivity index (χ2v) is 5.96. The third-order valence-corrected chi connectivity index (χ3v) is 4.50. The van der Waals surface area contributed by atoms with Crippen LogP contribution in [0.5, 0.6) is 0 Å². The zero-order chi connectivity index (χ0) is 15.0. The van der Waals surface area contributed by atoms with Crippen molar-refractivity contribution in [3.63, 3.8) is 0 Å². The number of hydrogen-bond acceptors (Lipinski definition) is 5. The molecule has 1 aliphatic heterocycles. The number of aromatic nitrogens is 3. The first kappa shape index (κ1) is 13.7. The number of hydrogen-bond donors (Lipinski definition) is 1. The van der Waals surface area contributed by atoms with Crippen LogP contribution < -0.4 is 0 Å². The zero-order valence-corrected chi connectivity index (χ0v) is 12.2. The molecule has 21 heavy (non-hydrogen) atoms. The summed E-state index contributed by atoms with van der Waals surface area (Å²) >= 11 is 1.26. The van der Waals surface area contributed by atoms with Crippen molar-refractivity contribution in [1.82, 2.24) is 19.7 Å². The van der Waals surface area contributed by atoms with Gasteiger partial charge in [-0.2, -0.15) is 5.10 Å². The number of likely N-dealkylation sites (tertiary alicyclic amines) is 1. The molecule has 0 spiro atoms. The van der Waals surface area contributed by atoms with Crippen molar-refractivity contribution < 1.29 is 14.7 Å². The fourth-order valence-electron chi connectivity index (χ4n) is 2.45. The van der Waals surface area contributed by atoms with Crippen LogP contribution in [-0.4, -0.2) is 49.2 Å². The number of rotatable bonds is 3. The Bertz CT molecular complexity index is 693. The van der Waals surface area contributed by atoms with Gasteiger partial charge in [0.15, 0.2) is 0 Å². The number of thiazole rings is 1. The highest BCUT2D eigenvalue weighted by molar-refractivity contribution is 7.16. The average molecular weight is 306 g/mol. The number of nitrogens with zero attached hydrogens (tertiary/aromatic N) is 4. The number of amides is 1. The molecular weight excluding hydrogens is 292 g/mol. The van der Waals surface area contributed by atoms with E-state index in [9.17, 15) is 9.59 Å². The van der Waals surface area contributed by atoms with Crippen molar-refractivity contribution in [3.05, 3.63) is 23.5 Å². The maximum absolute atomic E-state index is 12.4. The summed E-state index contributed by atoms with van der Waals surface area (Å²) in [6.07, 6.45) is 6.24. The van der Waals surface area contributed by atoms with Gasteiger partial charge in [0, 0.05) is 25.4 Å². The largest absolute Gasteiger partial charge is 0.480 e. The fraction of sp³-hybridized carbons (Fsp3) is 0.385. The standard InChI is InChI=1S/C13H14N4O3S/c1-16-7-8(5-15-16)11-14-6-10(21-11)12(18)17-4-2-3-9(17)13(19)20/h5-7,9H,2-4H2,1H3,(H,19,20)/t9-/m0/s1. The van der Waals surface area contributed by atoms with Crippen LogP contribution >= 0.6 is 11.3 Å². The van der Waals surface area contributed by atoms with E-state index < -0.39 is 12.0 Å². The summed E-state index contributed by atoms with van der Waals surface area (Å²) in [5, 5.41) is 13.9. The first-order chi connectivity index (χ1) is 10.1. The highest BCUT2D eigenvalue weighted by Gasteiger charge is 2.35. The van der Waals surface area contributed by atoms with E-state index >= 15 is 0 Å². The molecule has 110 valence electrons. The molecule has 1 atom stereocenters. The SMILES string of the molecule is Cn1cc(-c2ncc(C(=O)N3CCC[C@H]3C(=O)O)s2)cn1. The molecule has 1 saturated heterocycles. The Hall–Kier alpha value is -2.22. The van der Waals surface area contributed by atoms with Crippen LogP contribution in [0.2, 0.25) is 0 Å². The van der Waals surface area contributed by atoms with E-state index in [1.54, 1.807) is 10.9 Å². The molecule has 2 aromatic rings. The van der Waals surface area contributed by atoms with Gasteiger partial charge < -0.3 is 10.0 Å². The van der Waals surface area contributed by atoms with E-state index in [1.165, 1.54) is 22.4 Å². The van der Waals surface area contributed by atoms with Gasteiger partial charge in [0.25, 0.3) is 5.91 Å². The molecule has 1 amide bonds. The van der Waals surface area contributed by atoms with Gasteiger partial charge in [-0.05, 0) is 12.8 Å². The van der Waals surface area contributed by atoms with Gasteiger partial charge in [-0.25, -0.2) is 9.78 Å². The third-order valence-electron chi connectivity index (χ3n) is 3.47. The van der Waals surface area contributed by atoms with Crippen molar-refractivity contribution in [2.75, 3.05) is 6.54 Å². The number of carbonyl (C=O) groups is 2. The van der Waals surface area contributed by atoms with Crippen LogP contribution in [0.15, 0.2) is 18.6 Å². The van der Waals surface area contributed by atoms with Gasteiger partial charge in [-0.3, -0.25) is 9.48 Å². The van der Waals surface area contributed by atoms with Crippen molar-refractivity contribution in [1.29, 1.82) is 0 Å². The first-order valence-electron chi connectivity index (χ1n) is 6.55. The second kappa shape index (κ2) is 5.28. The summed E-state index contributed by atoms with van der Waals surface area (Å²) in [6.45, 7) is 0.482. The Kier molecular flexibility index (Phi) is 3.46. The zero-order valence-electron chi connectivity index (χ0n) is 11.4. The number of carbonyl (C=O) groups excluding carboxylic acids is 1. The van der Waals surface area contributed by atoms with Crippen molar-refractivity contribution in [2.24, 2.45) is 7.05 Å². The summed E-state index contributed by atoms with van der Waals surface area (Å²) in [6, 6.07) is -0.721. The van der Waals surface area contributed by atoms with Crippen molar-refractivity contribution in [2.45, 2.75) is 18.9 Å². The van der Waals surface area contributed by atoms with Gasteiger partial charge in [0.1, 0.15) is 15.9 Å². The molecule has 0 saturated carbocycles. The lowest BCUT2D eigenvalue weighted by atomic mass is 10.2. The second-order valence-electron chi connectivity index (χ2n) is 4.93. The Morgan fingerprint density at radius 3 is 2.90 bits per heavy atom. The molecule has 0 aliphatic carbocycles. The number of carboxylic acid groups (broad SMARTS) is 1. The molecule has 0 bridgehead atoms. The molecule has 1 aliphatic rings. The van der Waals surface area contributed by atoms with E-state index in [4.69, 9.17) is 5.11 Å². The van der Waals surface area contributed by atoms with Crippen LogP contribution in [0.3, 0.4) is 0 Å². The van der Waals surface area contributed by atoms with Crippen molar-refractivity contribution >= 4 is 23.2 Å². The summed E-state index contributed by atoms with van der Waals surface area (Å²) in [4.78, 5) is 29.7. The Balaban J connectivity index is 1.83. The summed E-state index contributed by atoms with van der Waals surface area (Å²) < 4.78 is 1.67. The molecule has 0 radical (unpaired) electrons. The molecule has 1 N–H and O–H groups in total. The monoisotopic (exact) mass is 306 g/mol. The maximum atomic E-state index is 12.4. The fourth-order valence-corrected chi connectivity index (χ4v) is 3.29. The molecule has 0 unspecified atom stereocenters. The molecule has 7 nitrogen and oxygen atoms in total. The summed E-state index contributed by atoms with van der Waals surface area (Å²) in [5.41, 5.74) is 0.845. The van der Waals surface area contributed by atoms with E-state index in [2.05, 4.69) is 10.1 Å². The molecule has 3 heterocycles. The topological polar surface area (TPSA) is 88.3 Å². The molecular formula is C13H14N4O3S. The summed E-state index contributed by atoms with van der Waals surface area (Å²) in [5.74, 6) is -1.20. The highest BCUT2D eigenvalue weighted by atomic mass is 32.1. The smallest absolute Gasteiger partial charge is 0.326 e. The lowest BCUT2D eigenvalue weighted by molar-refractivity contribution is -0.141. The van der Waals surface area contributed by atoms with Crippen LogP contribution in [0.4, 0.5) is 0 Å². The van der Waals surface area contributed by atoms with Gasteiger partial charge in [-0.15, -0.1) is 11.3 Å². The van der Waals surface area contributed by atoms with Gasteiger partial charge in [0.2, 0.25) is 0 Å². The number of aliphatic carboxylic acids is 1. The van der Waals surface area contributed by atoms with Crippen LogP contribution in [0, 0.1) is 0 Å². The predicted molar refractivity (Wildman–Crippen MR) is 76.0 cm³/mol. The molecule has 8 heteroatoms.